The maximum absolute atomic E-state index is 11.0. The van der Waals surface area contributed by atoms with Crippen molar-refractivity contribution in [3.05, 3.63) is 15.8 Å². The van der Waals surface area contributed by atoms with E-state index in [1.165, 1.54) is 19.3 Å². The van der Waals surface area contributed by atoms with E-state index >= 15 is 0 Å². The van der Waals surface area contributed by atoms with E-state index in [0.29, 0.717) is 11.5 Å². The van der Waals surface area contributed by atoms with E-state index < -0.39 is 0 Å². The summed E-state index contributed by atoms with van der Waals surface area (Å²) in [5.41, 5.74) is 0.546. The van der Waals surface area contributed by atoms with E-state index in [1.54, 1.807) is 18.7 Å². The van der Waals surface area contributed by atoms with Crippen molar-refractivity contribution < 1.29 is 4.92 Å². The lowest BCUT2D eigenvalue weighted by atomic mass is 9.84. The third-order valence-electron chi connectivity index (χ3n) is 3.65. The minimum atomic E-state index is -0.364. The van der Waals surface area contributed by atoms with Crippen molar-refractivity contribution in [2.24, 2.45) is 7.05 Å². The molecule has 0 radical (unpaired) electrons. The second kappa shape index (κ2) is 4.79. The van der Waals surface area contributed by atoms with Crippen LogP contribution in [0.25, 0.3) is 0 Å². The van der Waals surface area contributed by atoms with Crippen molar-refractivity contribution >= 4 is 23.3 Å². The normalized spacial score (nSPS) is 17.3. The molecule has 0 amide bonds. The molecule has 1 heterocycles. The summed E-state index contributed by atoms with van der Waals surface area (Å²) in [5, 5.41) is 18.4. The van der Waals surface area contributed by atoms with E-state index in [0.717, 1.165) is 6.54 Å². The molecular formula is C11H18N4O2S. The van der Waals surface area contributed by atoms with Gasteiger partial charge >= 0.3 is 5.69 Å². The molecule has 7 heteroatoms. The lowest BCUT2D eigenvalue weighted by Gasteiger charge is -2.40. The molecule has 1 aromatic heterocycles. The summed E-state index contributed by atoms with van der Waals surface area (Å²) < 4.78 is 1.80. The summed E-state index contributed by atoms with van der Waals surface area (Å²) in [7, 11) is 1.73. The van der Waals surface area contributed by atoms with Crippen molar-refractivity contribution in [3.8, 4) is 0 Å². The van der Waals surface area contributed by atoms with Crippen LogP contribution in [-0.2, 0) is 7.05 Å². The quantitative estimate of drug-likeness (QED) is 0.656. The number of hydrogen-bond acceptors (Lipinski definition) is 5. The van der Waals surface area contributed by atoms with E-state index in [4.69, 9.17) is 0 Å². The lowest BCUT2D eigenvalue weighted by Crippen LogP contribution is -2.40. The molecule has 0 aliphatic heterocycles. The highest BCUT2D eigenvalue weighted by atomic mass is 32.2. The van der Waals surface area contributed by atoms with Gasteiger partial charge in [-0.15, -0.1) is 0 Å². The first-order chi connectivity index (χ1) is 8.49. The number of aromatic nitrogens is 2. The Morgan fingerprint density at radius 1 is 1.61 bits per heavy atom. The van der Waals surface area contributed by atoms with E-state index in [9.17, 15) is 10.1 Å². The molecule has 1 aliphatic carbocycles. The molecule has 0 saturated heterocycles. The molecule has 6 nitrogen and oxygen atoms in total. The molecule has 0 unspecified atom stereocenters. The molecule has 0 bridgehead atoms. The third-order valence-corrected chi connectivity index (χ3v) is 5.07. The maximum atomic E-state index is 11.0. The van der Waals surface area contributed by atoms with Gasteiger partial charge in [-0.3, -0.25) is 10.1 Å². The van der Waals surface area contributed by atoms with Gasteiger partial charge < -0.3 is 5.32 Å². The van der Waals surface area contributed by atoms with Crippen molar-refractivity contribution in [2.45, 2.75) is 30.9 Å². The molecule has 1 N–H and O–H groups in total. The molecule has 100 valence electrons. The van der Waals surface area contributed by atoms with Crippen LogP contribution in [0.2, 0.25) is 0 Å². The average Bonchev–Trinajstić information content (AvgIpc) is 2.52. The lowest BCUT2D eigenvalue weighted by molar-refractivity contribution is -0.384. The average molecular weight is 270 g/mol. The van der Waals surface area contributed by atoms with Crippen LogP contribution >= 0.6 is 11.8 Å². The Morgan fingerprint density at radius 3 is 2.72 bits per heavy atom. The minimum absolute atomic E-state index is 0.0908. The molecule has 1 aliphatic rings. The highest BCUT2D eigenvalue weighted by Gasteiger charge is 2.37. The van der Waals surface area contributed by atoms with Gasteiger partial charge in [0.1, 0.15) is 5.69 Å². The number of rotatable bonds is 5. The fraction of sp³-hybridized carbons (Fsp3) is 0.727. The van der Waals surface area contributed by atoms with Crippen molar-refractivity contribution in [1.82, 2.24) is 9.78 Å². The Kier molecular flexibility index (Phi) is 3.52. The van der Waals surface area contributed by atoms with Crippen LogP contribution in [0.1, 0.15) is 25.0 Å². The van der Waals surface area contributed by atoms with Crippen LogP contribution in [0.15, 0.2) is 0 Å². The van der Waals surface area contributed by atoms with Gasteiger partial charge in [-0.25, -0.2) is 4.68 Å². The van der Waals surface area contributed by atoms with E-state index in [2.05, 4.69) is 16.7 Å². The van der Waals surface area contributed by atoms with Gasteiger partial charge in [0.05, 0.1) is 4.92 Å². The second-order valence-corrected chi connectivity index (χ2v) is 6.03. The number of nitrogens with one attached hydrogen (secondary N) is 1. The Hall–Kier alpha value is -1.24. The smallest absolute Gasteiger partial charge is 0.333 e. The second-order valence-electron chi connectivity index (χ2n) is 4.76. The molecule has 1 aromatic rings. The number of aryl methyl sites for hydroxylation is 2. The van der Waals surface area contributed by atoms with Gasteiger partial charge in [0.2, 0.25) is 5.82 Å². The standard InChI is InChI=1S/C11H18N4O2S/c1-8-9(15(16)17)10(14(2)13-8)12-7-11(18-3)5-4-6-11/h12H,4-7H2,1-3H3. The van der Waals surface area contributed by atoms with Gasteiger partial charge in [0.25, 0.3) is 0 Å². The van der Waals surface area contributed by atoms with Crippen LogP contribution < -0.4 is 5.32 Å². The molecular weight excluding hydrogens is 252 g/mol. The molecule has 0 spiro atoms. The van der Waals surface area contributed by atoms with Crippen LogP contribution in [-0.4, -0.2) is 32.3 Å². The third kappa shape index (κ3) is 2.19. The zero-order chi connectivity index (χ0) is 13.3. The number of nitro groups is 1. The Balaban J connectivity index is 2.16. The van der Waals surface area contributed by atoms with Gasteiger partial charge in [0, 0.05) is 18.3 Å². The van der Waals surface area contributed by atoms with E-state index in [1.807, 2.05) is 11.8 Å². The fourth-order valence-electron chi connectivity index (χ4n) is 2.33. The highest BCUT2D eigenvalue weighted by molar-refractivity contribution is 8.00. The summed E-state index contributed by atoms with van der Waals surface area (Å²) in [6, 6.07) is 0. The molecule has 1 saturated carbocycles. The molecule has 18 heavy (non-hydrogen) atoms. The number of hydrogen-bond donors (Lipinski definition) is 1. The Labute approximate surface area is 110 Å². The van der Waals surface area contributed by atoms with Gasteiger partial charge in [0.15, 0.2) is 0 Å². The van der Waals surface area contributed by atoms with Crippen molar-refractivity contribution in [2.75, 3.05) is 18.1 Å². The monoisotopic (exact) mass is 270 g/mol. The first-order valence-corrected chi connectivity index (χ1v) is 7.18. The fourth-order valence-corrected chi connectivity index (χ4v) is 3.25. The molecule has 1 fully saturated rings. The topological polar surface area (TPSA) is 73.0 Å². The SMILES string of the molecule is CSC1(CNc2c([N+](=O)[O-])c(C)nn2C)CCC1. The van der Waals surface area contributed by atoms with Gasteiger partial charge in [-0.1, -0.05) is 6.42 Å². The first kappa shape index (κ1) is 13.2. The zero-order valence-corrected chi connectivity index (χ0v) is 11.7. The predicted molar refractivity (Wildman–Crippen MR) is 73.2 cm³/mol. The van der Waals surface area contributed by atoms with Crippen molar-refractivity contribution in [3.63, 3.8) is 0 Å². The first-order valence-electron chi connectivity index (χ1n) is 5.96. The van der Waals surface area contributed by atoms with E-state index in [-0.39, 0.29) is 15.4 Å². The summed E-state index contributed by atoms with van der Waals surface area (Å²) in [6.07, 6.45) is 5.69. The summed E-state index contributed by atoms with van der Waals surface area (Å²) in [6.45, 7) is 2.42. The van der Waals surface area contributed by atoms with Crippen LogP contribution in [0, 0.1) is 17.0 Å². The van der Waals surface area contributed by atoms with Gasteiger partial charge in [-0.2, -0.15) is 16.9 Å². The summed E-state index contributed by atoms with van der Waals surface area (Å²) in [5.74, 6) is 0.512. The number of nitrogens with zero attached hydrogens (tertiary/aromatic N) is 3. The summed E-state index contributed by atoms with van der Waals surface area (Å²) >= 11 is 1.84. The van der Waals surface area contributed by atoms with Crippen LogP contribution in [0.4, 0.5) is 11.5 Å². The van der Waals surface area contributed by atoms with Crippen LogP contribution in [0.5, 0.6) is 0 Å². The number of anilines is 1. The predicted octanol–water partition coefficient (Wildman–Crippen LogP) is 2.33. The highest BCUT2D eigenvalue weighted by Crippen LogP contribution is 2.43. The number of thioether (sulfide) groups is 1. The maximum Gasteiger partial charge on any atom is 0.333 e. The molecule has 0 aromatic carbocycles. The molecule has 0 atom stereocenters. The minimum Gasteiger partial charge on any atom is -0.363 e. The molecule has 2 rings (SSSR count). The summed E-state index contributed by atoms with van der Waals surface area (Å²) in [4.78, 5) is 10.7. The van der Waals surface area contributed by atoms with Gasteiger partial charge in [-0.05, 0) is 26.0 Å². The Bertz CT molecular complexity index is 462. The van der Waals surface area contributed by atoms with Crippen LogP contribution in [0.3, 0.4) is 0 Å². The largest absolute Gasteiger partial charge is 0.363 e. The van der Waals surface area contributed by atoms with Crippen molar-refractivity contribution in [1.29, 1.82) is 0 Å². The zero-order valence-electron chi connectivity index (χ0n) is 10.9. The Morgan fingerprint density at radius 2 is 2.28 bits per heavy atom.